The predicted octanol–water partition coefficient (Wildman–Crippen LogP) is 3.23. The van der Waals surface area contributed by atoms with Crippen molar-refractivity contribution in [3.05, 3.63) is 63.6 Å². The number of nitrogens with one attached hydrogen (secondary N) is 1. The third-order valence-electron chi connectivity index (χ3n) is 3.34. The maximum Gasteiger partial charge on any atom is 0.262 e. The Morgan fingerprint density at radius 3 is 2.39 bits per heavy atom. The number of hydrogen-bond donors (Lipinski definition) is 1. The fourth-order valence-electron chi connectivity index (χ4n) is 2.32. The Bertz CT molecular complexity index is 836. The van der Waals surface area contributed by atoms with E-state index in [-0.39, 0.29) is 17.7 Å². The SMILES string of the molecule is O=C(CN1C(=O)c2ccc(Cl)cc2C1=O)Nc1cccc(Cl)c1. The monoisotopic (exact) mass is 348 g/mol. The van der Waals surface area contributed by atoms with E-state index in [0.29, 0.717) is 15.7 Å². The average molecular weight is 349 g/mol. The van der Waals surface area contributed by atoms with E-state index in [0.717, 1.165) is 4.90 Å². The third kappa shape index (κ3) is 3.06. The molecule has 0 radical (unpaired) electrons. The lowest BCUT2D eigenvalue weighted by Gasteiger charge is -2.13. The van der Waals surface area contributed by atoms with Crippen molar-refractivity contribution in [3.8, 4) is 0 Å². The molecule has 1 aliphatic rings. The van der Waals surface area contributed by atoms with Crippen LogP contribution in [-0.4, -0.2) is 29.2 Å². The van der Waals surface area contributed by atoms with Crippen molar-refractivity contribution in [2.45, 2.75) is 0 Å². The van der Waals surface area contributed by atoms with Crippen molar-refractivity contribution >= 4 is 46.6 Å². The number of hydrogen-bond acceptors (Lipinski definition) is 3. The van der Waals surface area contributed by atoms with Crippen LogP contribution in [0.5, 0.6) is 0 Å². The van der Waals surface area contributed by atoms with E-state index < -0.39 is 17.7 Å². The van der Waals surface area contributed by atoms with E-state index in [9.17, 15) is 14.4 Å². The maximum absolute atomic E-state index is 12.2. The minimum absolute atomic E-state index is 0.207. The van der Waals surface area contributed by atoms with Gasteiger partial charge in [-0.2, -0.15) is 0 Å². The van der Waals surface area contributed by atoms with Gasteiger partial charge in [-0.25, -0.2) is 0 Å². The fraction of sp³-hybridized carbons (Fsp3) is 0.0625. The van der Waals surface area contributed by atoms with Crippen LogP contribution in [0.2, 0.25) is 10.0 Å². The van der Waals surface area contributed by atoms with Crippen molar-refractivity contribution in [1.29, 1.82) is 0 Å². The molecule has 2 aromatic carbocycles. The molecule has 0 saturated carbocycles. The summed E-state index contributed by atoms with van der Waals surface area (Å²) in [4.78, 5) is 37.4. The van der Waals surface area contributed by atoms with E-state index in [1.807, 2.05) is 0 Å². The second-order valence-corrected chi connectivity index (χ2v) is 5.82. The molecule has 116 valence electrons. The van der Waals surface area contributed by atoms with Crippen LogP contribution in [0.4, 0.5) is 5.69 Å². The first-order valence-electron chi connectivity index (χ1n) is 6.67. The number of imide groups is 1. The molecule has 0 spiro atoms. The van der Waals surface area contributed by atoms with Crippen LogP contribution in [0, 0.1) is 0 Å². The highest BCUT2D eigenvalue weighted by atomic mass is 35.5. The van der Waals surface area contributed by atoms with Gasteiger partial charge in [0.15, 0.2) is 0 Å². The van der Waals surface area contributed by atoms with E-state index >= 15 is 0 Å². The molecule has 0 saturated heterocycles. The largest absolute Gasteiger partial charge is 0.324 e. The molecule has 0 bridgehead atoms. The Hall–Kier alpha value is -2.37. The van der Waals surface area contributed by atoms with Gasteiger partial charge in [-0.05, 0) is 36.4 Å². The average Bonchev–Trinajstić information content (AvgIpc) is 2.72. The Labute approximate surface area is 141 Å². The number of carbonyl (C=O) groups is 3. The van der Waals surface area contributed by atoms with Crippen molar-refractivity contribution in [3.63, 3.8) is 0 Å². The van der Waals surface area contributed by atoms with Crippen molar-refractivity contribution in [1.82, 2.24) is 4.90 Å². The van der Waals surface area contributed by atoms with Crippen molar-refractivity contribution < 1.29 is 14.4 Å². The van der Waals surface area contributed by atoms with Gasteiger partial charge in [-0.1, -0.05) is 29.3 Å². The summed E-state index contributed by atoms with van der Waals surface area (Å²) in [5.74, 6) is -1.54. The highest BCUT2D eigenvalue weighted by Crippen LogP contribution is 2.25. The van der Waals surface area contributed by atoms with Crippen molar-refractivity contribution in [2.24, 2.45) is 0 Å². The highest BCUT2D eigenvalue weighted by Gasteiger charge is 2.36. The molecule has 2 aromatic rings. The summed E-state index contributed by atoms with van der Waals surface area (Å²) < 4.78 is 0. The second-order valence-electron chi connectivity index (χ2n) is 4.94. The van der Waals surface area contributed by atoms with Gasteiger partial charge >= 0.3 is 0 Å². The predicted molar refractivity (Wildman–Crippen MR) is 86.9 cm³/mol. The van der Waals surface area contributed by atoms with E-state index in [1.54, 1.807) is 24.3 Å². The minimum atomic E-state index is -0.534. The van der Waals surface area contributed by atoms with Crippen molar-refractivity contribution in [2.75, 3.05) is 11.9 Å². The van der Waals surface area contributed by atoms with E-state index in [4.69, 9.17) is 23.2 Å². The molecule has 1 heterocycles. The molecule has 1 N–H and O–H groups in total. The zero-order valence-corrected chi connectivity index (χ0v) is 13.2. The Morgan fingerprint density at radius 2 is 1.65 bits per heavy atom. The Morgan fingerprint density at radius 1 is 0.957 bits per heavy atom. The van der Waals surface area contributed by atoms with Gasteiger partial charge < -0.3 is 5.32 Å². The van der Waals surface area contributed by atoms with Gasteiger partial charge in [0.05, 0.1) is 11.1 Å². The number of rotatable bonds is 3. The quantitative estimate of drug-likeness (QED) is 0.866. The number of nitrogens with zero attached hydrogens (tertiary/aromatic N) is 1. The van der Waals surface area contributed by atoms with Crippen LogP contribution in [0.3, 0.4) is 0 Å². The number of amides is 3. The Kier molecular flexibility index (Phi) is 4.07. The number of fused-ring (bicyclic) bond motifs is 1. The highest BCUT2D eigenvalue weighted by molar-refractivity contribution is 6.32. The van der Waals surface area contributed by atoms with E-state index in [2.05, 4.69) is 5.32 Å². The van der Waals surface area contributed by atoms with Gasteiger partial charge in [0.25, 0.3) is 11.8 Å². The number of anilines is 1. The van der Waals surface area contributed by atoms with Gasteiger partial charge in [-0.15, -0.1) is 0 Å². The van der Waals surface area contributed by atoms with Gasteiger partial charge in [-0.3, -0.25) is 19.3 Å². The zero-order valence-electron chi connectivity index (χ0n) is 11.7. The first-order chi connectivity index (χ1) is 11.0. The lowest BCUT2D eigenvalue weighted by Crippen LogP contribution is -2.37. The van der Waals surface area contributed by atoms with Crippen LogP contribution in [0.15, 0.2) is 42.5 Å². The van der Waals surface area contributed by atoms with Gasteiger partial charge in [0, 0.05) is 15.7 Å². The maximum atomic E-state index is 12.2. The van der Waals surface area contributed by atoms with Crippen LogP contribution in [0.25, 0.3) is 0 Å². The number of halogens is 2. The van der Waals surface area contributed by atoms with Gasteiger partial charge in [0.2, 0.25) is 5.91 Å². The molecule has 0 fully saturated rings. The Balaban J connectivity index is 1.75. The first kappa shape index (κ1) is 15.5. The lowest BCUT2D eigenvalue weighted by molar-refractivity contribution is -0.116. The summed E-state index contributed by atoms with van der Waals surface area (Å²) >= 11 is 11.7. The summed E-state index contributed by atoms with van der Waals surface area (Å²) in [6, 6.07) is 11.0. The summed E-state index contributed by atoms with van der Waals surface area (Å²) in [6.07, 6.45) is 0. The number of carbonyl (C=O) groups excluding carboxylic acids is 3. The van der Waals surface area contributed by atoms with Crippen LogP contribution < -0.4 is 5.32 Å². The fourth-order valence-corrected chi connectivity index (χ4v) is 2.68. The smallest absolute Gasteiger partial charge is 0.262 e. The molecule has 0 atom stereocenters. The molecule has 0 aliphatic carbocycles. The van der Waals surface area contributed by atoms with Crippen LogP contribution in [-0.2, 0) is 4.79 Å². The molecule has 3 amide bonds. The molecule has 3 rings (SSSR count). The first-order valence-corrected chi connectivity index (χ1v) is 7.42. The number of benzene rings is 2. The molecular weight excluding hydrogens is 339 g/mol. The topological polar surface area (TPSA) is 66.5 Å². The lowest BCUT2D eigenvalue weighted by atomic mass is 10.1. The molecule has 0 aromatic heterocycles. The summed E-state index contributed by atoms with van der Waals surface area (Å²) in [5.41, 5.74) is 0.940. The zero-order chi connectivity index (χ0) is 16.6. The molecule has 1 aliphatic heterocycles. The summed E-state index contributed by atoms with van der Waals surface area (Å²) in [7, 11) is 0. The van der Waals surface area contributed by atoms with E-state index in [1.165, 1.54) is 18.2 Å². The normalized spacial score (nSPS) is 13.2. The molecule has 0 unspecified atom stereocenters. The van der Waals surface area contributed by atoms with Crippen LogP contribution in [0.1, 0.15) is 20.7 Å². The minimum Gasteiger partial charge on any atom is -0.324 e. The third-order valence-corrected chi connectivity index (χ3v) is 3.81. The molecule has 23 heavy (non-hydrogen) atoms. The second kappa shape index (κ2) is 6.02. The summed E-state index contributed by atoms with van der Waals surface area (Å²) in [6.45, 7) is -0.378. The van der Waals surface area contributed by atoms with Gasteiger partial charge in [0.1, 0.15) is 6.54 Å². The molecule has 5 nitrogen and oxygen atoms in total. The van der Waals surface area contributed by atoms with Crippen LogP contribution >= 0.6 is 23.2 Å². The molecular formula is C16H10Cl2N2O3. The standard InChI is InChI=1S/C16H10Cl2N2O3/c17-9-2-1-3-11(6-9)19-14(21)8-20-15(22)12-5-4-10(18)7-13(12)16(20)23/h1-7H,8H2,(H,19,21). The molecule has 7 heteroatoms. The summed E-state index contributed by atoms with van der Waals surface area (Å²) in [5, 5.41) is 3.42.